The van der Waals surface area contributed by atoms with Crippen LogP contribution in [-0.2, 0) is 33.8 Å². The smallest absolute Gasteiger partial charge is 0.339 e. The highest BCUT2D eigenvalue weighted by Crippen LogP contribution is 2.34. The van der Waals surface area contributed by atoms with Crippen LogP contribution >= 0.6 is 12.6 Å². The Balaban J connectivity index is 1.67. The quantitative estimate of drug-likeness (QED) is 0.0445. The number of ketones is 1. The van der Waals surface area contributed by atoms with Crippen molar-refractivity contribution in [2.24, 2.45) is 0 Å². The number of sulfone groups is 1. The number of thiol groups is 1. The average molecular weight is 758 g/mol. The number of rotatable bonds is 25. The molecule has 284 valence electrons. The molecular weight excluding hydrogens is 707 g/mol. The number of nitrogens with one attached hydrogen (secondary N) is 5. The van der Waals surface area contributed by atoms with Crippen LogP contribution in [0, 0.1) is 0 Å². The Morgan fingerprint density at radius 2 is 1.44 bits per heavy atom. The van der Waals surface area contributed by atoms with Crippen molar-refractivity contribution in [3.8, 4) is 0 Å². The summed E-state index contributed by atoms with van der Waals surface area (Å²) in [6, 6.07) is 12.6. The molecule has 2 aromatic carbocycles. The molecular formula is C37H51N5O8S2. The average Bonchev–Trinajstić information content (AvgIpc) is 3.53. The van der Waals surface area contributed by atoms with E-state index in [2.05, 4.69) is 45.8 Å². The molecule has 2 amide bonds. The SMILES string of the molecule is C=C(CNC(=O)CS)NCC(=O)NCC(=O)C(NCCCCCNCCCCCO)c1ccc(C2=C(c3ccc(S(C)(=O)=O)cc3)COC2=O)cc1. The molecule has 3 rings (SSSR count). The van der Waals surface area contributed by atoms with Crippen molar-refractivity contribution in [1.29, 1.82) is 0 Å². The first-order chi connectivity index (χ1) is 24.9. The third-order valence-corrected chi connectivity index (χ3v) is 9.75. The van der Waals surface area contributed by atoms with Gasteiger partial charge in [0.05, 0.1) is 41.9 Å². The van der Waals surface area contributed by atoms with Crippen molar-refractivity contribution >= 4 is 57.2 Å². The summed E-state index contributed by atoms with van der Waals surface area (Å²) in [5.74, 6) is -1.40. The second-order valence-electron chi connectivity index (χ2n) is 12.5. The van der Waals surface area contributed by atoms with E-state index >= 15 is 0 Å². The van der Waals surface area contributed by atoms with Gasteiger partial charge in [0.25, 0.3) is 0 Å². The predicted molar refractivity (Wildman–Crippen MR) is 204 cm³/mol. The number of esters is 1. The minimum atomic E-state index is -3.38. The fraction of sp³-hybridized carbons (Fsp3) is 0.459. The summed E-state index contributed by atoms with van der Waals surface area (Å²) in [4.78, 5) is 50.4. The molecule has 1 unspecified atom stereocenters. The van der Waals surface area contributed by atoms with E-state index in [1.165, 1.54) is 12.1 Å². The number of aliphatic hydroxyl groups excluding tert-OH is 1. The van der Waals surface area contributed by atoms with Crippen molar-refractivity contribution in [3.63, 3.8) is 0 Å². The van der Waals surface area contributed by atoms with Crippen molar-refractivity contribution in [2.45, 2.75) is 49.5 Å². The van der Waals surface area contributed by atoms with Gasteiger partial charge in [-0.05, 0) is 80.6 Å². The lowest BCUT2D eigenvalue weighted by Crippen LogP contribution is -2.41. The number of Topliss-reactive ketones (excluding diaryl/α,β-unsaturated/α-hetero) is 1. The molecule has 1 heterocycles. The summed E-state index contributed by atoms with van der Waals surface area (Å²) >= 11 is 3.90. The number of hydrogen-bond acceptors (Lipinski definition) is 12. The number of carbonyl (C=O) groups is 4. The van der Waals surface area contributed by atoms with Crippen LogP contribution in [0.15, 0.2) is 65.7 Å². The van der Waals surface area contributed by atoms with Gasteiger partial charge in [-0.25, -0.2) is 13.2 Å². The molecule has 15 heteroatoms. The summed E-state index contributed by atoms with van der Waals surface area (Å²) in [5.41, 5.74) is 3.34. The largest absolute Gasteiger partial charge is 0.457 e. The molecule has 0 fully saturated rings. The number of amides is 2. The molecule has 2 aromatic rings. The van der Waals surface area contributed by atoms with Crippen LogP contribution in [0.3, 0.4) is 0 Å². The maximum atomic E-state index is 13.5. The molecule has 0 aromatic heterocycles. The molecule has 0 saturated carbocycles. The third kappa shape index (κ3) is 14.2. The molecule has 0 bridgehead atoms. The van der Waals surface area contributed by atoms with Gasteiger partial charge in [-0.2, -0.15) is 12.6 Å². The van der Waals surface area contributed by atoms with Crippen LogP contribution in [0.25, 0.3) is 11.1 Å². The number of aliphatic hydroxyl groups is 1. The zero-order valence-corrected chi connectivity index (χ0v) is 31.4. The van der Waals surface area contributed by atoms with E-state index in [-0.39, 0.29) is 55.2 Å². The fourth-order valence-corrected chi connectivity index (χ4v) is 6.17. The summed E-state index contributed by atoms with van der Waals surface area (Å²) in [5, 5.41) is 23.7. The second kappa shape index (κ2) is 22.1. The third-order valence-electron chi connectivity index (χ3n) is 8.33. The Morgan fingerprint density at radius 1 is 0.827 bits per heavy atom. The minimum Gasteiger partial charge on any atom is -0.457 e. The number of cyclic esters (lactones) is 1. The van der Waals surface area contributed by atoms with E-state index in [4.69, 9.17) is 9.84 Å². The van der Waals surface area contributed by atoms with Crippen molar-refractivity contribution < 1.29 is 37.4 Å². The molecule has 0 radical (unpaired) electrons. The number of carbonyl (C=O) groups excluding carboxylic acids is 4. The lowest BCUT2D eigenvalue weighted by Gasteiger charge is -2.19. The van der Waals surface area contributed by atoms with Gasteiger partial charge in [-0.15, -0.1) is 0 Å². The molecule has 0 saturated heterocycles. The van der Waals surface area contributed by atoms with Crippen LogP contribution in [-0.4, -0.2) is 102 Å². The first-order valence-corrected chi connectivity index (χ1v) is 19.9. The van der Waals surface area contributed by atoms with Crippen LogP contribution in [0.5, 0.6) is 0 Å². The molecule has 1 aliphatic rings. The highest BCUT2D eigenvalue weighted by atomic mass is 32.2. The van der Waals surface area contributed by atoms with E-state index in [1.54, 1.807) is 36.4 Å². The summed E-state index contributed by atoms with van der Waals surface area (Å²) in [6.07, 6.45) is 6.73. The van der Waals surface area contributed by atoms with E-state index in [9.17, 15) is 27.6 Å². The molecule has 1 aliphatic heterocycles. The monoisotopic (exact) mass is 757 g/mol. The highest BCUT2D eigenvalue weighted by Gasteiger charge is 2.28. The predicted octanol–water partition coefficient (Wildman–Crippen LogP) is 1.95. The number of unbranched alkanes of at least 4 members (excludes halogenated alkanes) is 4. The van der Waals surface area contributed by atoms with Gasteiger partial charge in [-0.1, -0.05) is 49.4 Å². The fourth-order valence-electron chi connectivity index (χ4n) is 5.43. The number of ether oxygens (including phenoxy) is 1. The van der Waals surface area contributed by atoms with Crippen LogP contribution < -0.4 is 26.6 Å². The molecule has 13 nitrogen and oxygen atoms in total. The lowest BCUT2D eigenvalue weighted by atomic mass is 9.94. The van der Waals surface area contributed by atoms with Gasteiger partial charge in [-0.3, -0.25) is 14.4 Å². The summed E-state index contributed by atoms with van der Waals surface area (Å²) < 4.78 is 29.2. The lowest BCUT2D eigenvalue weighted by molar-refractivity contribution is -0.134. The second-order valence-corrected chi connectivity index (χ2v) is 14.8. The van der Waals surface area contributed by atoms with Gasteiger partial charge < -0.3 is 36.4 Å². The molecule has 6 N–H and O–H groups in total. The van der Waals surface area contributed by atoms with E-state index in [0.717, 1.165) is 57.9 Å². The van der Waals surface area contributed by atoms with E-state index in [1.807, 2.05) is 0 Å². The maximum absolute atomic E-state index is 13.5. The molecule has 52 heavy (non-hydrogen) atoms. The minimum absolute atomic E-state index is 0.0343. The molecule has 0 spiro atoms. The summed E-state index contributed by atoms with van der Waals surface area (Å²) in [7, 11) is -3.38. The van der Waals surface area contributed by atoms with Crippen molar-refractivity contribution in [1.82, 2.24) is 26.6 Å². The normalized spacial score (nSPS) is 13.4. The Labute approximate surface area is 311 Å². The van der Waals surface area contributed by atoms with E-state index in [0.29, 0.717) is 40.1 Å². The zero-order valence-electron chi connectivity index (χ0n) is 29.7. The van der Waals surface area contributed by atoms with E-state index < -0.39 is 27.8 Å². The van der Waals surface area contributed by atoms with Crippen molar-refractivity contribution in [3.05, 3.63) is 77.5 Å². The van der Waals surface area contributed by atoms with Gasteiger partial charge in [0.15, 0.2) is 15.6 Å². The Kier molecular flexibility index (Phi) is 18.0. The van der Waals surface area contributed by atoms with Crippen LogP contribution in [0.2, 0.25) is 0 Å². The Hall–Kier alpha value is -4.02. The van der Waals surface area contributed by atoms with Gasteiger partial charge >= 0.3 is 5.97 Å². The maximum Gasteiger partial charge on any atom is 0.339 e. The van der Waals surface area contributed by atoms with Gasteiger partial charge in [0.2, 0.25) is 11.8 Å². The van der Waals surface area contributed by atoms with Crippen molar-refractivity contribution in [2.75, 3.05) is 64.5 Å². The summed E-state index contributed by atoms with van der Waals surface area (Å²) in [6.45, 7) is 6.19. The topological polar surface area (TPSA) is 192 Å². The first-order valence-electron chi connectivity index (χ1n) is 17.4. The zero-order chi connectivity index (χ0) is 37.9. The Bertz CT molecular complexity index is 1660. The Morgan fingerprint density at radius 3 is 2.08 bits per heavy atom. The standard InChI is InChI=1S/C37H51N5O8S2/c1-26(21-41-34(46)25-51)40-23-33(45)42-22-32(44)36(39-19-7-3-5-17-38-18-6-4-8-20-43)29-11-9-28(10-12-29)35-31(24-50-37(35)47)27-13-15-30(16-14-27)52(2,48)49/h9-16,36,38-40,43,51H,1,3-8,17-25H2,2H3,(H,41,46)(H,42,45). The molecule has 0 aliphatic carbocycles. The number of hydrogen-bond donors (Lipinski definition) is 7. The van der Waals surface area contributed by atoms with Crippen LogP contribution in [0.4, 0.5) is 0 Å². The molecule has 1 atom stereocenters. The van der Waals surface area contributed by atoms with Crippen LogP contribution in [0.1, 0.15) is 61.3 Å². The van der Waals surface area contributed by atoms with Gasteiger partial charge in [0, 0.05) is 24.1 Å². The van der Waals surface area contributed by atoms with Gasteiger partial charge in [0.1, 0.15) is 6.61 Å². The highest BCUT2D eigenvalue weighted by molar-refractivity contribution is 7.90. The number of benzene rings is 2. The first kappa shape index (κ1) is 42.4.